The summed E-state index contributed by atoms with van der Waals surface area (Å²) in [5.74, 6) is -0.280. The van der Waals surface area contributed by atoms with Crippen molar-refractivity contribution in [2.45, 2.75) is 46.0 Å². The number of hydrogen-bond donors (Lipinski definition) is 0. The van der Waals surface area contributed by atoms with E-state index in [4.69, 9.17) is 14.2 Å². The molecule has 15 heavy (non-hydrogen) atoms. The van der Waals surface area contributed by atoms with Crippen LogP contribution in [0.1, 0.15) is 34.1 Å². The van der Waals surface area contributed by atoms with Crippen LogP contribution in [0.3, 0.4) is 0 Å². The van der Waals surface area contributed by atoms with Crippen LogP contribution in [0.15, 0.2) is 0 Å². The van der Waals surface area contributed by atoms with Gasteiger partial charge in [-0.15, -0.1) is 0 Å². The summed E-state index contributed by atoms with van der Waals surface area (Å²) in [5.41, 5.74) is 0. The highest BCUT2D eigenvalue weighted by Crippen LogP contribution is 2.29. The third-order valence-corrected chi connectivity index (χ3v) is 2.24. The van der Waals surface area contributed by atoms with Gasteiger partial charge in [-0.1, -0.05) is 13.8 Å². The number of ether oxygens (including phenoxy) is 3. The molecule has 1 heterocycles. The molecule has 4 nitrogen and oxygen atoms in total. The predicted octanol–water partition coefficient (Wildman–Crippen LogP) is 1.73. The van der Waals surface area contributed by atoms with Crippen LogP contribution in [-0.2, 0) is 19.0 Å². The fraction of sp³-hybridized carbons (Fsp3) is 0.909. The first-order valence-corrected chi connectivity index (χ1v) is 5.36. The number of hydrogen-bond acceptors (Lipinski definition) is 4. The van der Waals surface area contributed by atoms with Crippen molar-refractivity contribution in [3.05, 3.63) is 0 Å². The van der Waals surface area contributed by atoms with Crippen LogP contribution in [0.5, 0.6) is 0 Å². The molecule has 1 fully saturated rings. The van der Waals surface area contributed by atoms with Gasteiger partial charge in [-0.05, 0) is 12.8 Å². The maximum absolute atomic E-state index is 10.6. The maximum atomic E-state index is 10.6. The van der Waals surface area contributed by atoms with Gasteiger partial charge in [0, 0.05) is 13.3 Å². The van der Waals surface area contributed by atoms with E-state index in [1.807, 2.05) is 6.92 Å². The summed E-state index contributed by atoms with van der Waals surface area (Å²) in [6.45, 7) is 8.35. The molecule has 0 radical (unpaired) electrons. The third kappa shape index (κ3) is 4.18. The molecule has 1 saturated heterocycles. The van der Waals surface area contributed by atoms with Crippen LogP contribution < -0.4 is 0 Å². The van der Waals surface area contributed by atoms with Crippen LogP contribution in [-0.4, -0.2) is 31.1 Å². The lowest BCUT2D eigenvalue weighted by molar-refractivity contribution is -0.173. The van der Waals surface area contributed by atoms with E-state index in [9.17, 15) is 4.79 Å². The van der Waals surface area contributed by atoms with Crippen LogP contribution in [0.4, 0.5) is 0 Å². The van der Waals surface area contributed by atoms with Crippen molar-refractivity contribution < 1.29 is 19.0 Å². The maximum Gasteiger partial charge on any atom is 0.302 e. The molecule has 0 aromatic carbocycles. The second kappa shape index (κ2) is 4.94. The molecule has 88 valence electrons. The summed E-state index contributed by atoms with van der Waals surface area (Å²) in [5, 5.41) is 0. The second-order valence-corrected chi connectivity index (χ2v) is 4.59. The SMILES string of the molecule is CC(=O)OCC1COC(C)(CC(C)C)O1. The van der Waals surface area contributed by atoms with Crippen molar-refractivity contribution in [3.8, 4) is 0 Å². The van der Waals surface area contributed by atoms with E-state index in [0.29, 0.717) is 12.5 Å². The van der Waals surface area contributed by atoms with E-state index >= 15 is 0 Å². The van der Waals surface area contributed by atoms with Crippen molar-refractivity contribution in [1.29, 1.82) is 0 Å². The topological polar surface area (TPSA) is 44.8 Å². The van der Waals surface area contributed by atoms with Crippen LogP contribution >= 0.6 is 0 Å². The van der Waals surface area contributed by atoms with E-state index < -0.39 is 5.79 Å². The van der Waals surface area contributed by atoms with E-state index in [0.717, 1.165) is 6.42 Å². The van der Waals surface area contributed by atoms with Gasteiger partial charge < -0.3 is 14.2 Å². The molecule has 0 saturated carbocycles. The van der Waals surface area contributed by atoms with E-state index in [-0.39, 0.29) is 18.7 Å². The van der Waals surface area contributed by atoms with Crippen LogP contribution in [0.25, 0.3) is 0 Å². The molecule has 0 spiro atoms. The van der Waals surface area contributed by atoms with Gasteiger partial charge >= 0.3 is 5.97 Å². The van der Waals surface area contributed by atoms with Crippen molar-refractivity contribution in [3.63, 3.8) is 0 Å². The molecular formula is C11H20O4. The fourth-order valence-electron chi connectivity index (χ4n) is 1.83. The monoisotopic (exact) mass is 216 g/mol. The molecule has 0 aromatic rings. The lowest BCUT2D eigenvalue weighted by atomic mass is 10.0. The lowest BCUT2D eigenvalue weighted by Crippen LogP contribution is -2.29. The molecule has 0 N–H and O–H groups in total. The summed E-state index contributed by atoms with van der Waals surface area (Å²) >= 11 is 0. The summed E-state index contributed by atoms with van der Waals surface area (Å²) in [4.78, 5) is 10.6. The van der Waals surface area contributed by atoms with Gasteiger partial charge in [0.1, 0.15) is 12.7 Å². The number of carbonyl (C=O) groups excluding carboxylic acids is 1. The van der Waals surface area contributed by atoms with Crippen molar-refractivity contribution >= 4 is 5.97 Å². The Kier molecular flexibility index (Phi) is 4.11. The summed E-state index contributed by atoms with van der Waals surface area (Å²) in [7, 11) is 0. The molecular weight excluding hydrogens is 196 g/mol. The summed E-state index contributed by atoms with van der Waals surface area (Å²) in [6.07, 6.45) is 0.724. The zero-order valence-corrected chi connectivity index (χ0v) is 9.91. The van der Waals surface area contributed by atoms with Crippen LogP contribution in [0.2, 0.25) is 0 Å². The highest BCUT2D eigenvalue weighted by atomic mass is 16.7. The van der Waals surface area contributed by atoms with E-state index in [1.54, 1.807) is 0 Å². The molecule has 0 aromatic heterocycles. The normalized spacial score (nSPS) is 30.9. The average molecular weight is 216 g/mol. The molecule has 0 aliphatic carbocycles. The molecule has 0 bridgehead atoms. The molecule has 4 heteroatoms. The molecule has 2 unspecified atom stereocenters. The largest absolute Gasteiger partial charge is 0.463 e. The third-order valence-electron chi connectivity index (χ3n) is 2.24. The first kappa shape index (κ1) is 12.5. The van der Waals surface area contributed by atoms with Gasteiger partial charge in [0.05, 0.1) is 6.61 Å². The quantitative estimate of drug-likeness (QED) is 0.671. The zero-order valence-electron chi connectivity index (χ0n) is 9.91. The Morgan fingerprint density at radius 2 is 2.27 bits per heavy atom. The van der Waals surface area contributed by atoms with E-state index in [2.05, 4.69) is 13.8 Å². The standard InChI is InChI=1S/C11H20O4/c1-8(2)5-11(4)14-7-10(15-11)6-13-9(3)12/h8,10H,5-7H2,1-4H3. The Bertz CT molecular complexity index is 227. The molecule has 1 rings (SSSR count). The highest BCUT2D eigenvalue weighted by molar-refractivity contribution is 5.65. The predicted molar refractivity (Wildman–Crippen MR) is 55.3 cm³/mol. The number of esters is 1. The smallest absolute Gasteiger partial charge is 0.302 e. The Balaban J connectivity index is 2.34. The van der Waals surface area contributed by atoms with Crippen LogP contribution in [0, 0.1) is 5.92 Å². The van der Waals surface area contributed by atoms with Gasteiger partial charge in [-0.2, -0.15) is 0 Å². The Labute approximate surface area is 90.9 Å². The lowest BCUT2D eigenvalue weighted by Gasteiger charge is -2.25. The fourth-order valence-corrected chi connectivity index (χ4v) is 1.83. The summed E-state index contributed by atoms with van der Waals surface area (Å²) in [6, 6.07) is 0. The molecule has 2 atom stereocenters. The van der Waals surface area contributed by atoms with Crippen molar-refractivity contribution in [2.75, 3.05) is 13.2 Å². The zero-order chi connectivity index (χ0) is 11.5. The first-order valence-electron chi connectivity index (χ1n) is 5.36. The molecule has 0 amide bonds. The number of carbonyl (C=O) groups is 1. The molecule has 1 aliphatic rings. The van der Waals surface area contributed by atoms with Gasteiger partial charge in [0.25, 0.3) is 0 Å². The highest BCUT2D eigenvalue weighted by Gasteiger charge is 2.37. The molecule has 1 aliphatic heterocycles. The van der Waals surface area contributed by atoms with Crippen molar-refractivity contribution in [2.24, 2.45) is 5.92 Å². The van der Waals surface area contributed by atoms with Gasteiger partial charge in [0.15, 0.2) is 5.79 Å². The summed E-state index contributed by atoms with van der Waals surface area (Å²) < 4.78 is 16.2. The minimum Gasteiger partial charge on any atom is -0.463 e. The first-order chi connectivity index (χ1) is 6.91. The Morgan fingerprint density at radius 1 is 1.60 bits per heavy atom. The minimum absolute atomic E-state index is 0.127. The van der Waals surface area contributed by atoms with Gasteiger partial charge in [-0.25, -0.2) is 0 Å². The Morgan fingerprint density at radius 3 is 2.80 bits per heavy atom. The van der Waals surface area contributed by atoms with E-state index in [1.165, 1.54) is 6.92 Å². The average Bonchev–Trinajstić information content (AvgIpc) is 2.42. The number of rotatable bonds is 4. The van der Waals surface area contributed by atoms with Gasteiger partial charge in [0.2, 0.25) is 0 Å². The van der Waals surface area contributed by atoms with Gasteiger partial charge in [-0.3, -0.25) is 4.79 Å². The second-order valence-electron chi connectivity index (χ2n) is 4.59. The van der Waals surface area contributed by atoms with Crippen molar-refractivity contribution in [1.82, 2.24) is 0 Å². The minimum atomic E-state index is -0.515. The Hall–Kier alpha value is -0.610.